The summed E-state index contributed by atoms with van der Waals surface area (Å²) in [5, 5.41) is -3.77. The molecule has 0 aliphatic carbocycles. The van der Waals surface area contributed by atoms with Gasteiger partial charge in [-0.15, -0.1) is 0 Å². The molecule has 0 aromatic heterocycles. The molecule has 0 bridgehead atoms. The topological polar surface area (TPSA) is 133 Å². The van der Waals surface area contributed by atoms with Crippen LogP contribution in [-0.4, -0.2) is 89.7 Å². The monoisotopic (exact) mass is 517 g/mol. The quantitative estimate of drug-likeness (QED) is 0.481. The normalized spacial score (nSPS) is 28.6. The van der Waals surface area contributed by atoms with Crippen molar-refractivity contribution in [2.24, 2.45) is 0 Å². The van der Waals surface area contributed by atoms with Crippen molar-refractivity contribution < 1.29 is 40.6 Å². The third kappa shape index (κ3) is 4.94. The largest absolute Gasteiger partial charge is 0.497 e. The van der Waals surface area contributed by atoms with E-state index in [4.69, 9.17) is 14.2 Å². The van der Waals surface area contributed by atoms with Crippen LogP contribution in [0.15, 0.2) is 24.3 Å². The van der Waals surface area contributed by atoms with E-state index in [1.54, 1.807) is 0 Å². The summed E-state index contributed by atoms with van der Waals surface area (Å²) in [4.78, 5) is 27.7. The van der Waals surface area contributed by atoms with Crippen molar-refractivity contribution in [1.82, 2.24) is 4.90 Å². The molecule has 2 fully saturated rings. The van der Waals surface area contributed by atoms with Crippen LogP contribution in [0.2, 0.25) is 0 Å². The zero-order valence-corrected chi connectivity index (χ0v) is 21.1. The van der Waals surface area contributed by atoms with Crippen molar-refractivity contribution in [1.29, 1.82) is 0 Å². The molecule has 0 saturated carbocycles. The molecule has 0 amide bonds. The van der Waals surface area contributed by atoms with Crippen LogP contribution in [0.25, 0.3) is 0 Å². The van der Waals surface area contributed by atoms with Gasteiger partial charge in [0.05, 0.1) is 21.3 Å². The van der Waals surface area contributed by atoms with Crippen molar-refractivity contribution in [2.45, 2.75) is 46.7 Å². The maximum absolute atomic E-state index is 13.7. The number of likely N-dealkylation sites (tertiary alicyclic amines) is 1. The van der Waals surface area contributed by atoms with Gasteiger partial charge < -0.3 is 19.1 Å². The van der Waals surface area contributed by atoms with E-state index in [9.17, 15) is 26.4 Å². The molecule has 2 heterocycles. The Kier molecular flexibility index (Phi) is 8.25. The first-order chi connectivity index (χ1) is 16.1. The first-order valence-corrected chi connectivity index (χ1v) is 14.3. The average molecular weight is 518 g/mol. The van der Waals surface area contributed by atoms with Crippen LogP contribution in [0, 0.1) is 0 Å². The third-order valence-corrected chi connectivity index (χ3v) is 12.5. The van der Waals surface area contributed by atoms with Gasteiger partial charge >= 0.3 is 11.9 Å². The van der Waals surface area contributed by atoms with E-state index >= 15 is 0 Å². The fourth-order valence-corrected chi connectivity index (χ4v) is 10.9. The zero-order chi connectivity index (χ0) is 25.1. The van der Waals surface area contributed by atoms with E-state index in [0.717, 1.165) is 46.6 Å². The average Bonchev–Trinajstić information content (AvgIpc) is 2.82. The Labute approximate surface area is 200 Å². The summed E-state index contributed by atoms with van der Waals surface area (Å²) in [5.41, 5.74) is 0.174. The van der Waals surface area contributed by atoms with Crippen molar-refractivity contribution in [3.05, 3.63) is 29.8 Å². The number of esters is 2. The van der Waals surface area contributed by atoms with Gasteiger partial charge in [0, 0.05) is 12.5 Å². The molecule has 190 valence electrons. The number of carbonyl (C=O) groups is 2. The first-order valence-electron chi connectivity index (χ1n) is 11.1. The molecule has 0 radical (unpaired) electrons. The summed E-state index contributed by atoms with van der Waals surface area (Å²) in [5.74, 6) is -3.33. The van der Waals surface area contributed by atoms with Gasteiger partial charge in [-0.05, 0) is 50.0 Å². The minimum Gasteiger partial charge on any atom is -0.497 e. The van der Waals surface area contributed by atoms with E-state index in [1.165, 1.54) is 31.4 Å². The van der Waals surface area contributed by atoms with Crippen LogP contribution >= 0.6 is 0 Å². The second kappa shape index (κ2) is 10.6. The number of methoxy groups -OCH3 is 3. The summed E-state index contributed by atoms with van der Waals surface area (Å²) in [6, 6.07) is 5.88. The van der Waals surface area contributed by atoms with E-state index in [0.29, 0.717) is 5.75 Å². The molecular formula is C22H31NO9S2. The first kappa shape index (κ1) is 26.4. The van der Waals surface area contributed by atoms with E-state index in [-0.39, 0.29) is 18.5 Å². The highest BCUT2D eigenvalue weighted by Gasteiger charge is 2.63. The van der Waals surface area contributed by atoms with Gasteiger partial charge in [0.1, 0.15) is 5.75 Å². The van der Waals surface area contributed by atoms with Gasteiger partial charge in [-0.1, -0.05) is 18.6 Å². The van der Waals surface area contributed by atoms with Crippen LogP contribution in [0.3, 0.4) is 0 Å². The Morgan fingerprint density at radius 1 is 0.853 bits per heavy atom. The van der Waals surface area contributed by atoms with Crippen LogP contribution in [0.1, 0.15) is 37.2 Å². The fourth-order valence-electron chi connectivity index (χ4n) is 4.85. The highest BCUT2D eigenvalue weighted by Crippen LogP contribution is 2.44. The van der Waals surface area contributed by atoms with Gasteiger partial charge in [-0.2, -0.15) is 0 Å². The van der Waals surface area contributed by atoms with Gasteiger partial charge in [-0.3, -0.25) is 9.59 Å². The Hall–Kier alpha value is -2.18. The number of carbonyl (C=O) groups excluding carboxylic acids is 2. The SMILES string of the molecule is COC(=O)[C@@H]1C(c2ccc(OC)cc2)[C@@H](C(=O)OC)S(=O)(=O)C(CCN2CCCCC2)S1(=O)=O. The zero-order valence-electron chi connectivity index (χ0n) is 19.5. The second-order valence-electron chi connectivity index (χ2n) is 8.49. The number of benzene rings is 1. The molecule has 2 aliphatic rings. The summed E-state index contributed by atoms with van der Waals surface area (Å²) in [7, 11) is -5.70. The van der Waals surface area contributed by atoms with Gasteiger partial charge in [0.25, 0.3) is 0 Å². The molecule has 34 heavy (non-hydrogen) atoms. The number of piperidine rings is 1. The molecule has 2 atom stereocenters. The van der Waals surface area contributed by atoms with Gasteiger partial charge in [0.2, 0.25) is 0 Å². The summed E-state index contributed by atoms with van der Waals surface area (Å²) in [6.07, 6.45) is 2.70. The summed E-state index contributed by atoms with van der Waals surface area (Å²) >= 11 is 0. The molecule has 0 unspecified atom stereocenters. The lowest BCUT2D eigenvalue weighted by atomic mass is 9.91. The highest BCUT2D eigenvalue weighted by molar-refractivity contribution is 8.11. The van der Waals surface area contributed by atoms with E-state index in [1.807, 2.05) is 4.90 Å². The molecular weight excluding hydrogens is 486 g/mol. The molecule has 1 aromatic carbocycles. The fraction of sp³-hybridized carbons (Fsp3) is 0.636. The maximum Gasteiger partial charge on any atom is 0.324 e. The van der Waals surface area contributed by atoms with Crippen molar-refractivity contribution in [3.8, 4) is 5.75 Å². The van der Waals surface area contributed by atoms with Gasteiger partial charge in [-0.25, -0.2) is 16.8 Å². The maximum atomic E-state index is 13.7. The van der Waals surface area contributed by atoms with Crippen LogP contribution in [0.5, 0.6) is 5.75 Å². The Morgan fingerprint density at radius 3 is 1.79 bits per heavy atom. The molecule has 10 nitrogen and oxygen atoms in total. The molecule has 0 spiro atoms. The lowest BCUT2D eigenvalue weighted by Gasteiger charge is -2.39. The van der Waals surface area contributed by atoms with Crippen LogP contribution in [0.4, 0.5) is 0 Å². The van der Waals surface area contributed by atoms with Crippen molar-refractivity contribution in [3.63, 3.8) is 0 Å². The minimum atomic E-state index is -4.60. The molecule has 0 N–H and O–H groups in total. The third-order valence-electron chi connectivity index (χ3n) is 6.59. The predicted molar refractivity (Wildman–Crippen MR) is 124 cm³/mol. The van der Waals surface area contributed by atoms with Crippen LogP contribution < -0.4 is 4.74 Å². The standard InChI is InChI=1S/C22H31NO9S2/c1-30-16-9-7-15(8-10-16)18-19(21(24)31-2)33(26,27)17(11-14-23-12-5-4-6-13-23)34(28,29)20(18)22(25)32-3/h7-10,17-20H,4-6,11-14H2,1-3H3/t17?,18?,19-,20-/m0/s1. The van der Waals surface area contributed by atoms with E-state index in [2.05, 4.69) is 0 Å². The molecule has 2 aliphatic heterocycles. The number of rotatable bonds is 7. The smallest absolute Gasteiger partial charge is 0.324 e. The van der Waals surface area contributed by atoms with Gasteiger partial charge in [0.15, 0.2) is 34.8 Å². The molecule has 2 saturated heterocycles. The summed E-state index contributed by atoms with van der Waals surface area (Å²) in [6.45, 7) is 1.70. The Morgan fingerprint density at radius 2 is 1.35 bits per heavy atom. The van der Waals surface area contributed by atoms with E-state index < -0.39 is 52.6 Å². The molecule has 12 heteroatoms. The predicted octanol–water partition coefficient (Wildman–Crippen LogP) is 0.907. The number of hydrogen-bond acceptors (Lipinski definition) is 10. The second-order valence-corrected chi connectivity index (χ2v) is 13.3. The Bertz CT molecular complexity index is 1040. The summed E-state index contributed by atoms with van der Waals surface area (Å²) < 4.78 is 67.5. The minimum absolute atomic E-state index is 0.174. The number of sulfone groups is 2. The molecule has 3 rings (SSSR count). The van der Waals surface area contributed by atoms with Crippen molar-refractivity contribution in [2.75, 3.05) is 41.0 Å². The van der Waals surface area contributed by atoms with Crippen LogP contribution in [-0.2, 0) is 38.7 Å². The van der Waals surface area contributed by atoms with Crippen molar-refractivity contribution >= 4 is 31.6 Å². The molecule has 1 aromatic rings. The Balaban J connectivity index is 2.13. The lowest BCUT2D eigenvalue weighted by molar-refractivity contribution is -0.142. The lowest BCUT2D eigenvalue weighted by Crippen LogP contribution is -2.60. The number of hydrogen-bond donors (Lipinski definition) is 0. The number of nitrogens with zero attached hydrogens (tertiary/aromatic N) is 1. The highest BCUT2D eigenvalue weighted by atomic mass is 32.3. The number of ether oxygens (including phenoxy) is 3.